The molecule has 3 aromatic rings. The zero-order valence-electron chi connectivity index (χ0n) is 10.4. The highest BCUT2D eigenvalue weighted by Crippen LogP contribution is 2.27. The number of nitrogens with zero attached hydrogens (tertiary/aromatic N) is 2. The number of hydrogen-bond acceptors (Lipinski definition) is 4. The quantitative estimate of drug-likeness (QED) is 0.709. The third kappa shape index (κ3) is 2.20. The van der Waals surface area contributed by atoms with Crippen molar-refractivity contribution in [1.29, 1.82) is 0 Å². The number of fused-ring (bicyclic) bond motifs is 1. The molecule has 4 nitrogen and oxygen atoms in total. The summed E-state index contributed by atoms with van der Waals surface area (Å²) in [6.07, 6.45) is 1.58. The van der Waals surface area contributed by atoms with E-state index >= 15 is 0 Å². The van der Waals surface area contributed by atoms with Crippen LogP contribution in [0.5, 0.6) is 5.75 Å². The third-order valence-corrected chi connectivity index (χ3v) is 2.88. The maximum Gasteiger partial charge on any atom is 0.195 e. The molecule has 19 heavy (non-hydrogen) atoms. The molecule has 0 aliphatic heterocycles. The molecule has 1 heterocycles. The van der Waals surface area contributed by atoms with Gasteiger partial charge in [0.15, 0.2) is 5.82 Å². The van der Waals surface area contributed by atoms with Crippen LogP contribution in [-0.2, 0) is 0 Å². The van der Waals surface area contributed by atoms with Crippen LogP contribution in [-0.4, -0.2) is 16.5 Å². The van der Waals surface area contributed by atoms with E-state index in [0.29, 0.717) is 17.1 Å². The molecule has 0 amide bonds. The highest BCUT2D eigenvalue weighted by molar-refractivity contribution is 5.97. The Morgan fingerprint density at radius 1 is 1.21 bits per heavy atom. The van der Waals surface area contributed by atoms with E-state index < -0.39 is 0 Å². The summed E-state index contributed by atoms with van der Waals surface area (Å²) >= 11 is 0. The highest BCUT2D eigenvalue weighted by atomic mass is 16.5. The maximum atomic E-state index is 10.2. The number of aromatic nitrogens is 1. The number of rotatable bonds is 2. The predicted octanol–water partition coefficient (Wildman–Crippen LogP) is 3.59. The van der Waals surface area contributed by atoms with E-state index in [9.17, 15) is 5.11 Å². The van der Waals surface area contributed by atoms with Crippen molar-refractivity contribution in [3.63, 3.8) is 0 Å². The van der Waals surface area contributed by atoms with Gasteiger partial charge in [-0.25, -0.2) is 4.99 Å². The minimum atomic E-state index is 0.224. The van der Waals surface area contributed by atoms with Gasteiger partial charge in [0.1, 0.15) is 11.5 Å². The van der Waals surface area contributed by atoms with Crippen LogP contribution in [0, 0.1) is 6.92 Å². The minimum Gasteiger partial charge on any atom is -0.507 e. The van der Waals surface area contributed by atoms with Crippen LogP contribution < -0.4 is 0 Å². The van der Waals surface area contributed by atoms with Gasteiger partial charge in [-0.05, 0) is 18.4 Å². The fourth-order valence-electron chi connectivity index (χ4n) is 1.93. The standard InChI is InChI=1S/C15H12N2O2/c1-10-8-14(17-19-10)16-9-12-7-6-11-4-2-3-5-13(11)15(12)18/h2-9,18H,1H3. The number of phenolic OH excluding ortho intramolecular Hbond substituents is 1. The first kappa shape index (κ1) is 11.5. The van der Waals surface area contributed by atoms with Gasteiger partial charge >= 0.3 is 0 Å². The third-order valence-electron chi connectivity index (χ3n) is 2.88. The summed E-state index contributed by atoms with van der Waals surface area (Å²) in [7, 11) is 0. The monoisotopic (exact) mass is 252 g/mol. The van der Waals surface area contributed by atoms with Gasteiger partial charge in [-0.1, -0.05) is 35.5 Å². The van der Waals surface area contributed by atoms with Gasteiger partial charge in [-0.15, -0.1) is 0 Å². The zero-order chi connectivity index (χ0) is 13.2. The van der Waals surface area contributed by atoms with Crippen LogP contribution in [0.15, 0.2) is 52.0 Å². The summed E-state index contributed by atoms with van der Waals surface area (Å²) in [5.41, 5.74) is 0.652. The van der Waals surface area contributed by atoms with Crippen molar-refractivity contribution in [3.8, 4) is 5.75 Å². The van der Waals surface area contributed by atoms with Crippen molar-refractivity contribution < 1.29 is 9.63 Å². The van der Waals surface area contributed by atoms with E-state index in [4.69, 9.17) is 4.52 Å². The molecule has 0 aliphatic carbocycles. The van der Waals surface area contributed by atoms with Gasteiger partial charge in [0.25, 0.3) is 0 Å². The minimum absolute atomic E-state index is 0.224. The maximum absolute atomic E-state index is 10.2. The van der Waals surface area contributed by atoms with E-state index in [1.165, 1.54) is 0 Å². The number of aryl methyl sites for hydroxylation is 1. The molecule has 94 valence electrons. The lowest BCUT2D eigenvalue weighted by Gasteiger charge is -2.03. The van der Waals surface area contributed by atoms with E-state index in [1.807, 2.05) is 36.4 Å². The highest BCUT2D eigenvalue weighted by Gasteiger charge is 2.04. The lowest BCUT2D eigenvalue weighted by Crippen LogP contribution is -1.84. The second kappa shape index (κ2) is 4.57. The molecule has 0 saturated heterocycles. The largest absolute Gasteiger partial charge is 0.507 e. The van der Waals surface area contributed by atoms with Crippen LogP contribution in [0.4, 0.5) is 5.82 Å². The second-order valence-electron chi connectivity index (χ2n) is 4.28. The average Bonchev–Trinajstić information content (AvgIpc) is 2.84. The first-order chi connectivity index (χ1) is 9.24. The Morgan fingerprint density at radius 2 is 2.05 bits per heavy atom. The smallest absolute Gasteiger partial charge is 0.195 e. The molecule has 0 bridgehead atoms. The molecular formula is C15H12N2O2. The second-order valence-corrected chi connectivity index (χ2v) is 4.28. The Balaban J connectivity index is 2.01. The van der Waals surface area contributed by atoms with Crippen molar-refractivity contribution in [2.75, 3.05) is 0 Å². The molecule has 0 spiro atoms. The lowest BCUT2D eigenvalue weighted by molar-refractivity contribution is 0.399. The zero-order valence-corrected chi connectivity index (χ0v) is 10.4. The van der Waals surface area contributed by atoms with Crippen molar-refractivity contribution in [2.24, 2.45) is 4.99 Å². The topological polar surface area (TPSA) is 58.6 Å². The van der Waals surface area contributed by atoms with Gasteiger partial charge < -0.3 is 9.63 Å². The van der Waals surface area contributed by atoms with Gasteiger partial charge in [-0.2, -0.15) is 0 Å². The first-order valence-electron chi connectivity index (χ1n) is 5.92. The molecule has 2 aromatic carbocycles. The molecule has 3 rings (SSSR count). The number of aromatic hydroxyl groups is 1. The van der Waals surface area contributed by atoms with Crippen molar-refractivity contribution >= 4 is 22.8 Å². The van der Waals surface area contributed by atoms with Crippen molar-refractivity contribution in [3.05, 3.63) is 53.8 Å². The van der Waals surface area contributed by atoms with Gasteiger partial charge in [-0.3, -0.25) is 0 Å². The Labute approximate surface area is 110 Å². The first-order valence-corrected chi connectivity index (χ1v) is 5.92. The molecule has 0 fully saturated rings. The Bertz CT molecular complexity index is 760. The summed E-state index contributed by atoms with van der Waals surface area (Å²) in [4.78, 5) is 4.18. The van der Waals surface area contributed by atoms with Crippen LogP contribution in [0.2, 0.25) is 0 Å². The molecule has 4 heteroatoms. The summed E-state index contributed by atoms with van der Waals surface area (Å²) in [6, 6.07) is 13.2. The van der Waals surface area contributed by atoms with Crippen LogP contribution >= 0.6 is 0 Å². The fraction of sp³-hybridized carbons (Fsp3) is 0.0667. The van der Waals surface area contributed by atoms with Gasteiger partial charge in [0, 0.05) is 23.2 Å². The van der Waals surface area contributed by atoms with Crippen LogP contribution in [0.1, 0.15) is 11.3 Å². The molecule has 1 N–H and O–H groups in total. The van der Waals surface area contributed by atoms with E-state index in [1.54, 1.807) is 19.2 Å². The van der Waals surface area contributed by atoms with Gasteiger partial charge in [0.2, 0.25) is 0 Å². The molecular weight excluding hydrogens is 240 g/mol. The molecule has 0 atom stereocenters. The Morgan fingerprint density at radius 3 is 2.84 bits per heavy atom. The molecule has 0 unspecified atom stereocenters. The molecule has 0 aliphatic rings. The van der Waals surface area contributed by atoms with Crippen LogP contribution in [0.25, 0.3) is 10.8 Å². The summed E-state index contributed by atoms with van der Waals surface area (Å²) in [5.74, 6) is 1.42. The molecule has 0 radical (unpaired) electrons. The summed E-state index contributed by atoms with van der Waals surface area (Å²) in [5, 5.41) is 15.8. The van der Waals surface area contributed by atoms with Crippen molar-refractivity contribution in [1.82, 2.24) is 5.16 Å². The predicted molar refractivity (Wildman–Crippen MR) is 74.1 cm³/mol. The number of hydrogen-bond donors (Lipinski definition) is 1. The molecule has 0 saturated carbocycles. The fourth-order valence-corrected chi connectivity index (χ4v) is 1.93. The van der Waals surface area contributed by atoms with E-state index in [2.05, 4.69) is 10.1 Å². The average molecular weight is 252 g/mol. The number of benzene rings is 2. The Hall–Kier alpha value is -2.62. The van der Waals surface area contributed by atoms with E-state index in [-0.39, 0.29) is 5.75 Å². The van der Waals surface area contributed by atoms with Crippen molar-refractivity contribution in [2.45, 2.75) is 6.92 Å². The SMILES string of the molecule is Cc1cc(N=Cc2ccc3ccccc3c2O)no1. The summed E-state index contributed by atoms with van der Waals surface area (Å²) in [6.45, 7) is 1.81. The van der Waals surface area contributed by atoms with Crippen LogP contribution in [0.3, 0.4) is 0 Å². The number of aliphatic imine (C=N–C) groups is 1. The molecule has 1 aromatic heterocycles. The Kier molecular flexibility index (Phi) is 2.76. The number of phenols is 1. The lowest BCUT2D eigenvalue weighted by atomic mass is 10.1. The van der Waals surface area contributed by atoms with E-state index in [0.717, 1.165) is 10.8 Å². The normalized spacial score (nSPS) is 11.4. The van der Waals surface area contributed by atoms with Gasteiger partial charge in [0.05, 0.1) is 0 Å². The summed E-state index contributed by atoms with van der Waals surface area (Å²) < 4.78 is 4.93.